The van der Waals surface area contributed by atoms with E-state index < -0.39 is 0 Å². The maximum Gasteiger partial charge on any atom is 0.225 e. The molecule has 1 N–H and O–H groups in total. The highest BCUT2D eigenvalue weighted by molar-refractivity contribution is 5.80. The van der Waals surface area contributed by atoms with Gasteiger partial charge in [0.05, 0.1) is 0 Å². The van der Waals surface area contributed by atoms with E-state index in [-0.39, 0.29) is 0 Å². The summed E-state index contributed by atoms with van der Waals surface area (Å²) >= 11 is 0. The highest BCUT2D eigenvalue weighted by Crippen LogP contribution is 2.18. The van der Waals surface area contributed by atoms with E-state index >= 15 is 0 Å². The first-order valence-electron chi connectivity index (χ1n) is 10.1. The normalized spacial score (nSPS) is 18.7. The van der Waals surface area contributed by atoms with Crippen LogP contribution in [0.15, 0.2) is 23.5 Å². The Hall–Kier alpha value is -2.71. The van der Waals surface area contributed by atoms with Gasteiger partial charge in [0.1, 0.15) is 12.4 Å². The van der Waals surface area contributed by atoms with Crippen LogP contribution in [0.4, 0.5) is 5.95 Å². The van der Waals surface area contributed by atoms with Gasteiger partial charge in [0.2, 0.25) is 5.95 Å². The second-order valence-corrected chi connectivity index (χ2v) is 7.51. The number of nitrogens with one attached hydrogen (secondary N) is 1. The van der Waals surface area contributed by atoms with Gasteiger partial charge in [0.15, 0.2) is 11.8 Å². The van der Waals surface area contributed by atoms with Gasteiger partial charge in [-0.1, -0.05) is 12.8 Å². The molecule has 9 nitrogen and oxygen atoms in total. The van der Waals surface area contributed by atoms with Gasteiger partial charge in [-0.25, -0.2) is 15.0 Å². The van der Waals surface area contributed by atoms with Gasteiger partial charge in [0.25, 0.3) is 0 Å². The summed E-state index contributed by atoms with van der Waals surface area (Å²) in [5.74, 6) is 3.59. The van der Waals surface area contributed by atoms with E-state index in [1.165, 1.54) is 25.7 Å². The molecule has 2 fully saturated rings. The molecule has 2 aliphatic rings. The number of anilines is 1. The molecule has 0 atom stereocenters. The Morgan fingerprint density at radius 2 is 1.82 bits per heavy atom. The molecule has 1 saturated heterocycles. The minimum Gasteiger partial charge on any atom is -0.353 e. The van der Waals surface area contributed by atoms with Crippen LogP contribution in [0.2, 0.25) is 0 Å². The van der Waals surface area contributed by atoms with Crippen LogP contribution in [0.5, 0.6) is 0 Å². The summed E-state index contributed by atoms with van der Waals surface area (Å²) in [5.41, 5.74) is 0. The third kappa shape index (κ3) is 4.23. The van der Waals surface area contributed by atoms with Gasteiger partial charge < -0.3 is 19.7 Å². The van der Waals surface area contributed by atoms with E-state index in [1.54, 1.807) is 12.4 Å². The maximum atomic E-state index is 4.91. The van der Waals surface area contributed by atoms with Gasteiger partial charge >= 0.3 is 0 Å². The molecular weight excluding hydrogens is 354 g/mol. The van der Waals surface area contributed by atoms with E-state index in [2.05, 4.69) is 35.3 Å². The van der Waals surface area contributed by atoms with Crippen LogP contribution in [-0.4, -0.2) is 67.8 Å². The summed E-state index contributed by atoms with van der Waals surface area (Å²) in [6.07, 6.45) is 8.64. The summed E-state index contributed by atoms with van der Waals surface area (Å²) in [7, 11) is 1.99. The number of aromatic nitrogens is 5. The van der Waals surface area contributed by atoms with Gasteiger partial charge in [-0.05, 0) is 25.8 Å². The lowest BCUT2D eigenvalue weighted by Crippen LogP contribution is -2.54. The summed E-state index contributed by atoms with van der Waals surface area (Å²) in [6, 6.07) is 2.37. The van der Waals surface area contributed by atoms with Crippen molar-refractivity contribution in [2.45, 2.75) is 45.2 Å². The molecule has 1 saturated carbocycles. The van der Waals surface area contributed by atoms with E-state index in [1.807, 2.05) is 24.6 Å². The smallest absolute Gasteiger partial charge is 0.225 e. The number of hydrogen-bond acceptors (Lipinski definition) is 6. The third-order valence-electron chi connectivity index (χ3n) is 5.66. The molecule has 0 aromatic carbocycles. The fourth-order valence-corrected chi connectivity index (χ4v) is 3.80. The average molecular weight is 384 g/mol. The van der Waals surface area contributed by atoms with Crippen molar-refractivity contribution in [2.75, 3.05) is 31.1 Å². The zero-order valence-corrected chi connectivity index (χ0v) is 16.8. The van der Waals surface area contributed by atoms with Crippen molar-refractivity contribution in [3.63, 3.8) is 0 Å². The van der Waals surface area contributed by atoms with E-state index in [0.717, 1.165) is 49.7 Å². The second-order valence-electron chi connectivity index (χ2n) is 7.51. The van der Waals surface area contributed by atoms with Crippen molar-refractivity contribution in [2.24, 2.45) is 12.0 Å². The lowest BCUT2D eigenvalue weighted by molar-refractivity contribution is 0.362. The highest BCUT2D eigenvalue weighted by Gasteiger charge is 2.24. The quantitative estimate of drug-likeness (QED) is 0.625. The molecule has 0 unspecified atom stereocenters. The minimum absolute atomic E-state index is 0.524. The number of aliphatic imine (C=N–C) groups is 1. The Balaban J connectivity index is 1.44. The van der Waals surface area contributed by atoms with E-state index in [0.29, 0.717) is 12.6 Å². The largest absolute Gasteiger partial charge is 0.353 e. The zero-order chi connectivity index (χ0) is 19.3. The van der Waals surface area contributed by atoms with Crippen LogP contribution < -0.4 is 10.2 Å². The molecule has 4 rings (SSSR count). The first-order chi connectivity index (χ1) is 13.7. The molecular formula is C19H29N9. The Bertz CT molecular complexity index is 787. The molecule has 28 heavy (non-hydrogen) atoms. The molecule has 1 aliphatic carbocycles. The predicted octanol–water partition coefficient (Wildman–Crippen LogP) is 1.12. The van der Waals surface area contributed by atoms with Crippen LogP contribution in [0.1, 0.15) is 37.3 Å². The topological polar surface area (TPSA) is 87.4 Å². The number of guanidine groups is 1. The van der Waals surface area contributed by atoms with Crippen LogP contribution in [0.3, 0.4) is 0 Å². The van der Waals surface area contributed by atoms with E-state index in [4.69, 9.17) is 4.99 Å². The van der Waals surface area contributed by atoms with Crippen molar-refractivity contribution in [3.05, 3.63) is 30.1 Å². The van der Waals surface area contributed by atoms with Gasteiger partial charge in [-0.2, -0.15) is 0 Å². The predicted molar refractivity (Wildman–Crippen MR) is 108 cm³/mol. The summed E-state index contributed by atoms with van der Waals surface area (Å²) in [5, 5.41) is 12.1. The Kier molecular flexibility index (Phi) is 5.68. The molecule has 1 aliphatic heterocycles. The lowest BCUT2D eigenvalue weighted by atomic mass is 10.2. The molecule has 2 aromatic heterocycles. The molecule has 3 heterocycles. The number of nitrogens with zero attached hydrogens (tertiary/aromatic N) is 8. The summed E-state index contributed by atoms with van der Waals surface area (Å²) in [4.78, 5) is 18.2. The summed E-state index contributed by atoms with van der Waals surface area (Å²) < 4.78 is 2.00. The SMILES string of the molecule is Cc1nnc(CN=C(NC2CCCC2)N2CCN(c3ncccn3)CC2)n1C. The van der Waals surface area contributed by atoms with Gasteiger partial charge in [-0.3, -0.25) is 0 Å². The fraction of sp³-hybridized carbons (Fsp3) is 0.632. The van der Waals surface area contributed by atoms with Gasteiger partial charge in [-0.15, -0.1) is 10.2 Å². The molecule has 150 valence electrons. The summed E-state index contributed by atoms with van der Waals surface area (Å²) in [6.45, 7) is 6.07. The molecule has 0 bridgehead atoms. The van der Waals surface area contributed by atoms with Crippen molar-refractivity contribution in [1.82, 2.24) is 34.9 Å². The van der Waals surface area contributed by atoms with Crippen LogP contribution >= 0.6 is 0 Å². The van der Waals surface area contributed by atoms with Crippen LogP contribution in [0, 0.1) is 6.92 Å². The van der Waals surface area contributed by atoms with Gasteiger partial charge in [0, 0.05) is 51.7 Å². The fourth-order valence-electron chi connectivity index (χ4n) is 3.80. The Morgan fingerprint density at radius 1 is 1.11 bits per heavy atom. The van der Waals surface area contributed by atoms with Crippen molar-refractivity contribution in [1.29, 1.82) is 0 Å². The van der Waals surface area contributed by atoms with Crippen molar-refractivity contribution >= 4 is 11.9 Å². The van der Waals surface area contributed by atoms with Crippen molar-refractivity contribution in [3.8, 4) is 0 Å². The Morgan fingerprint density at radius 3 is 2.46 bits per heavy atom. The molecule has 9 heteroatoms. The van der Waals surface area contributed by atoms with E-state index in [9.17, 15) is 0 Å². The lowest BCUT2D eigenvalue weighted by Gasteiger charge is -2.37. The van der Waals surface area contributed by atoms with Crippen molar-refractivity contribution < 1.29 is 0 Å². The van der Waals surface area contributed by atoms with Crippen LogP contribution in [-0.2, 0) is 13.6 Å². The minimum atomic E-state index is 0.524. The first-order valence-corrected chi connectivity index (χ1v) is 10.1. The third-order valence-corrected chi connectivity index (χ3v) is 5.66. The number of rotatable bonds is 4. The zero-order valence-electron chi connectivity index (χ0n) is 16.8. The monoisotopic (exact) mass is 383 g/mol. The molecule has 0 spiro atoms. The van der Waals surface area contributed by atoms with Crippen LogP contribution in [0.25, 0.3) is 0 Å². The second kappa shape index (κ2) is 8.53. The maximum absolute atomic E-state index is 4.91. The number of piperazine rings is 1. The average Bonchev–Trinajstić information content (AvgIpc) is 3.37. The molecule has 0 amide bonds. The first kappa shape index (κ1) is 18.6. The Labute approximate surface area is 165 Å². The number of hydrogen-bond donors (Lipinski definition) is 1. The standard InChI is InChI=1S/C19H29N9/c1-15-24-25-17(26(15)2)14-22-19(23-16-6-3-4-7-16)28-12-10-27(11-13-28)18-20-8-5-9-21-18/h5,8-9,16H,3-4,6-7,10-14H2,1-2H3,(H,22,23). The highest BCUT2D eigenvalue weighted by atomic mass is 15.4. The number of aryl methyl sites for hydroxylation is 1. The molecule has 2 aromatic rings. The molecule has 0 radical (unpaired) electrons.